The van der Waals surface area contributed by atoms with Gasteiger partial charge in [-0.25, -0.2) is 4.98 Å². The molecular weight excluding hydrogens is 434 g/mol. The van der Waals surface area contributed by atoms with Gasteiger partial charge in [0.15, 0.2) is 18.1 Å². The Hall–Kier alpha value is -4.01. The molecule has 2 aromatic carbocycles. The molecule has 1 amide bonds. The molecule has 3 aromatic rings. The number of ether oxygens (including phenoxy) is 3. The Labute approximate surface area is 199 Å². The van der Waals surface area contributed by atoms with Gasteiger partial charge < -0.3 is 29.3 Å². The van der Waals surface area contributed by atoms with Crippen molar-refractivity contribution in [3.63, 3.8) is 0 Å². The number of piperazine rings is 1. The molecule has 178 valence electrons. The Morgan fingerprint density at radius 2 is 1.65 bits per heavy atom. The van der Waals surface area contributed by atoms with Crippen LogP contribution in [-0.2, 0) is 4.79 Å². The molecule has 0 aliphatic carbocycles. The number of methoxy groups -OCH3 is 2. The number of aryl methyl sites for hydroxylation is 1. The molecule has 2 heterocycles. The van der Waals surface area contributed by atoms with Crippen LogP contribution in [0.2, 0.25) is 0 Å². The van der Waals surface area contributed by atoms with Crippen molar-refractivity contribution >= 4 is 23.4 Å². The molecule has 4 rings (SSSR count). The largest absolute Gasteiger partial charge is 0.497 e. The van der Waals surface area contributed by atoms with Crippen LogP contribution in [-0.4, -0.2) is 67.8 Å². The zero-order valence-corrected chi connectivity index (χ0v) is 19.7. The zero-order chi connectivity index (χ0) is 23.9. The molecule has 1 aromatic heterocycles. The summed E-state index contributed by atoms with van der Waals surface area (Å²) in [7, 11) is 3.22. The van der Waals surface area contributed by atoms with Gasteiger partial charge in [0.2, 0.25) is 5.95 Å². The van der Waals surface area contributed by atoms with Crippen LogP contribution in [0.25, 0.3) is 0 Å². The summed E-state index contributed by atoms with van der Waals surface area (Å²) < 4.78 is 16.2. The topological polar surface area (TPSA) is 89.1 Å². The maximum absolute atomic E-state index is 12.7. The van der Waals surface area contributed by atoms with Gasteiger partial charge in [-0.2, -0.15) is 4.98 Å². The number of carbonyl (C=O) groups excluding carboxylic acids is 1. The fourth-order valence-corrected chi connectivity index (χ4v) is 3.71. The van der Waals surface area contributed by atoms with E-state index in [0.717, 1.165) is 22.9 Å². The minimum Gasteiger partial charge on any atom is -0.497 e. The van der Waals surface area contributed by atoms with Crippen molar-refractivity contribution in [2.24, 2.45) is 0 Å². The fourth-order valence-electron chi connectivity index (χ4n) is 3.71. The molecular formula is C25H29N5O4. The fraction of sp³-hybridized carbons (Fsp3) is 0.320. The second-order valence-electron chi connectivity index (χ2n) is 7.86. The van der Waals surface area contributed by atoms with Gasteiger partial charge in [0.1, 0.15) is 11.6 Å². The summed E-state index contributed by atoms with van der Waals surface area (Å²) in [6, 6.07) is 16.9. The second kappa shape index (κ2) is 10.7. The van der Waals surface area contributed by atoms with Crippen LogP contribution in [0.4, 0.5) is 17.5 Å². The Bertz CT molecular complexity index is 1110. The van der Waals surface area contributed by atoms with E-state index in [1.165, 1.54) is 0 Å². The third-order valence-corrected chi connectivity index (χ3v) is 5.54. The first-order valence-corrected chi connectivity index (χ1v) is 11.1. The molecule has 0 bridgehead atoms. The quantitative estimate of drug-likeness (QED) is 0.545. The molecule has 0 spiro atoms. The van der Waals surface area contributed by atoms with Gasteiger partial charge in [0.05, 0.1) is 14.2 Å². The lowest BCUT2D eigenvalue weighted by Gasteiger charge is -2.34. The normalized spacial score (nSPS) is 13.4. The highest BCUT2D eigenvalue weighted by atomic mass is 16.5. The second-order valence-corrected chi connectivity index (χ2v) is 7.86. The minimum absolute atomic E-state index is 0.0305. The van der Waals surface area contributed by atoms with Gasteiger partial charge in [-0.3, -0.25) is 4.79 Å². The first kappa shape index (κ1) is 23.2. The van der Waals surface area contributed by atoms with Crippen molar-refractivity contribution in [1.29, 1.82) is 0 Å². The van der Waals surface area contributed by atoms with Crippen molar-refractivity contribution in [2.45, 2.75) is 6.92 Å². The van der Waals surface area contributed by atoms with Crippen LogP contribution in [0.3, 0.4) is 0 Å². The molecule has 0 saturated carbocycles. The smallest absolute Gasteiger partial charge is 0.260 e. The molecule has 1 aliphatic heterocycles. The molecule has 1 aliphatic rings. The van der Waals surface area contributed by atoms with Crippen LogP contribution < -0.4 is 24.4 Å². The number of benzene rings is 2. The lowest BCUT2D eigenvalue weighted by Crippen LogP contribution is -2.50. The number of hydrogen-bond donors (Lipinski definition) is 1. The van der Waals surface area contributed by atoms with E-state index in [0.29, 0.717) is 43.6 Å². The van der Waals surface area contributed by atoms with Gasteiger partial charge in [0, 0.05) is 43.6 Å². The minimum atomic E-state index is -0.0578. The molecule has 1 saturated heterocycles. The molecule has 34 heavy (non-hydrogen) atoms. The first-order chi connectivity index (χ1) is 16.6. The highest BCUT2D eigenvalue weighted by Crippen LogP contribution is 2.26. The monoisotopic (exact) mass is 463 g/mol. The van der Waals surface area contributed by atoms with Crippen molar-refractivity contribution in [3.8, 4) is 17.2 Å². The third-order valence-electron chi connectivity index (χ3n) is 5.54. The third kappa shape index (κ3) is 5.67. The molecule has 0 atom stereocenters. The maximum atomic E-state index is 12.7. The van der Waals surface area contributed by atoms with E-state index in [9.17, 15) is 4.79 Å². The van der Waals surface area contributed by atoms with E-state index in [4.69, 9.17) is 19.2 Å². The van der Waals surface area contributed by atoms with Gasteiger partial charge in [0.25, 0.3) is 5.91 Å². The summed E-state index contributed by atoms with van der Waals surface area (Å²) in [4.78, 5) is 25.9. The lowest BCUT2D eigenvalue weighted by molar-refractivity contribution is -0.133. The van der Waals surface area contributed by atoms with Crippen LogP contribution in [0, 0.1) is 6.92 Å². The molecule has 1 N–H and O–H groups in total. The number of amides is 1. The Balaban J connectivity index is 1.33. The molecule has 9 heteroatoms. The van der Waals surface area contributed by atoms with Gasteiger partial charge in [-0.05, 0) is 43.3 Å². The average molecular weight is 464 g/mol. The Morgan fingerprint density at radius 3 is 2.32 bits per heavy atom. The van der Waals surface area contributed by atoms with Gasteiger partial charge in [-0.1, -0.05) is 12.1 Å². The summed E-state index contributed by atoms with van der Waals surface area (Å²) in [6.07, 6.45) is 0. The summed E-state index contributed by atoms with van der Waals surface area (Å²) in [5.41, 5.74) is 1.78. The van der Waals surface area contributed by atoms with Crippen molar-refractivity contribution in [3.05, 3.63) is 60.3 Å². The van der Waals surface area contributed by atoms with Crippen LogP contribution >= 0.6 is 0 Å². The molecule has 0 radical (unpaired) electrons. The van der Waals surface area contributed by atoms with Crippen molar-refractivity contribution in [1.82, 2.24) is 14.9 Å². The number of rotatable bonds is 8. The summed E-state index contributed by atoms with van der Waals surface area (Å²) in [5.74, 6) is 3.27. The Morgan fingerprint density at radius 1 is 0.941 bits per heavy atom. The van der Waals surface area contributed by atoms with Gasteiger partial charge in [-0.15, -0.1) is 0 Å². The van der Waals surface area contributed by atoms with E-state index in [-0.39, 0.29) is 12.5 Å². The number of carbonyl (C=O) groups is 1. The molecule has 9 nitrogen and oxygen atoms in total. The van der Waals surface area contributed by atoms with Crippen LogP contribution in [0.5, 0.6) is 17.2 Å². The number of anilines is 3. The molecule has 1 fully saturated rings. The van der Waals surface area contributed by atoms with E-state index >= 15 is 0 Å². The van der Waals surface area contributed by atoms with Gasteiger partial charge >= 0.3 is 0 Å². The number of aromatic nitrogens is 2. The number of hydrogen-bond acceptors (Lipinski definition) is 8. The van der Waals surface area contributed by atoms with E-state index in [1.807, 2.05) is 49.4 Å². The SMILES string of the molecule is COc1ccc(Nc2cc(C)nc(N3CCN(C(=O)COc4ccccc4OC)CC3)n2)cc1. The average Bonchev–Trinajstić information content (AvgIpc) is 2.87. The van der Waals surface area contributed by atoms with Crippen molar-refractivity contribution < 1.29 is 19.0 Å². The summed E-state index contributed by atoms with van der Waals surface area (Å²) in [5, 5.41) is 3.32. The number of nitrogens with zero attached hydrogens (tertiary/aromatic N) is 4. The maximum Gasteiger partial charge on any atom is 0.260 e. The Kier molecular flexibility index (Phi) is 7.31. The molecule has 0 unspecified atom stereocenters. The van der Waals surface area contributed by atoms with Crippen molar-refractivity contribution in [2.75, 3.05) is 57.2 Å². The number of nitrogens with one attached hydrogen (secondary N) is 1. The highest BCUT2D eigenvalue weighted by Gasteiger charge is 2.23. The number of para-hydroxylation sites is 2. The summed E-state index contributed by atoms with van der Waals surface area (Å²) >= 11 is 0. The lowest BCUT2D eigenvalue weighted by atomic mass is 10.3. The van der Waals surface area contributed by atoms with E-state index in [1.54, 1.807) is 31.3 Å². The van der Waals surface area contributed by atoms with Crippen LogP contribution in [0.1, 0.15) is 5.69 Å². The highest BCUT2D eigenvalue weighted by molar-refractivity contribution is 5.78. The van der Waals surface area contributed by atoms with E-state index in [2.05, 4.69) is 15.2 Å². The van der Waals surface area contributed by atoms with Crippen LogP contribution in [0.15, 0.2) is 54.6 Å². The van der Waals surface area contributed by atoms with E-state index < -0.39 is 0 Å². The predicted octanol–water partition coefficient (Wildman–Crippen LogP) is 3.27. The summed E-state index contributed by atoms with van der Waals surface area (Å²) in [6.45, 7) is 4.35. The predicted molar refractivity (Wildman–Crippen MR) is 130 cm³/mol. The standard InChI is InChI=1S/C25H29N5O4/c1-18-16-23(27-19-8-10-20(32-2)11-9-19)28-25(26-18)30-14-12-29(13-15-30)24(31)17-34-22-7-5-4-6-21(22)33-3/h4-11,16H,12-15,17H2,1-3H3,(H,26,27,28). The zero-order valence-electron chi connectivity index (χ0n) is 19.7. The first-order valence-electron chi connectivity index (χ1n) is 11.1.